The van der Waals surface area contributed by atoms with Crippen molar-refractivity contribution in [1.29, 1.82) is 0 Å². The lowest BCUT2D eigenvalue weighted by Gasteiger charge is -2.40. The average molecular weight is 1930 g/mol. The van der Waals surface area contributed by atoms with Crippen LogP contribution in [0.1, 0.15) is 381 Å². The molecule has 18 rings (SSSR count). The summed E-state index contributed by atoms with van der Waals surface area (Å²) < 4.78 is 15.8. The molecule has 8 atom stereocenters. The Balaban J connectivity index is 0.000000318. The van der Waals surface area contributed by atoms with Gasteiger partial charge in [-0.2, -0.15) is 10.2 Å². The van der Waals surface area contributed by atoms with Crippen LogP contribution in [0.25, 0.3) is 10.8 Å². The van der Waals surface area contributed by atoms with E-state index in [0.29, 0.717) is 5.92 Å². The van der Waals surface area contributed by atoms with Crippen molar-refractivity contribution in [1.82, 2.24) is 9.97 Å². The summed E-state index contributed by atoms with van der Waals surface area (Å²) in [5.74, 6) is 12.4. The van der Waals surface area contributed by atoms with Crippen molar-refractivity contribution in [3.8, 4) is 5.75 Å². The highest BCUT2D eigenvalue weighted by atomic mass is 16.7. The molecule has 0 amide bonds. The molecule has 8 heteroatoms. The number of aliphatic imine (C=N–C) groups is 1. The minimum atomic E-state index is 0.0196. The second-order valence-electron chi connectivity index (χ2n) is 45.2. The molecule has 4 fully saturated rings. The number of nitrogens with zero attached hydrogens (tertiary/aromatic N) is 5. The molecule has 142 heavy (non-hydrogen) atoms. The predicted molar refractivity (Wildman–Crippen MR) is 627 cm³/mol. The molecular weight excluding hydrogens is 1730 g/mol. The number of aryl methyl sites for hydroxylation is 18. The maximum absolute atomic E-state index is 5.50. The summed E-state index contributed by atoms with van der Waals surface area (Å²) in [7, 11) is 0. The highest BCUT2D eigenvalue weighted by Gasteiger charge is 2.33. The van der Waals surface area contributed by atoms with Gasteiger partial charge in [0.25, 0.3) is 0 Å². The van der Waals surface area contributed by atoms with Crippen molar-refractivity contribution in [2.45, 2.75) is 417 Å². The molecule has 9 aliphatic rings. The summed E-state index contributed by atoms with van der Waals surface area (Å²) >= 11 is 0. The van der Waals surface area contributed by atoms with Gasteiger partial charge >= 0.3 is 0 Å². The van der Waals surface area contributed by atoms with Crippen molar-refractivity contribution >= 4 is 27.9 Å². The second-order valence-corrected chi connectivity index (χ2v) is 45.2. The SMILES string of the molecule is CC1=CCC(C)CC1.CC1=CCC(C)CC1.CC1=NCC(C)CC1.CC1=NN=C(C)CC1.CC1CCC(C)CC1.CC1CCC2CC(C)CCC2C1.CC1COC(C)OC1.CCOc1cc(C)cc(C)c1C.CCc1c(C)ccc(C)c1C.Cc1cc(C)c(C)c(C)c1.Cc1ccc(C)c(C)c1.Cc1ccc(C)cc1.Cc1ccc2c(c1)CCC(C)C2.Cc1ccc2cc(C)ccc2c1.Cc1cnc(C)nc1. The standard InChI is InChI=1S/C12H22.C12H16.C12H12.C11H16O.C11H16.C10H14.C9H12.C8H16.2C8H14.C8H10.C7H13N.C6H8N2.C6H10N2.C6H12O2/c3*1-9-3-5-12-8-10(2)4-6-11(12)7-9;1-5-12-11-7-8(2)6-9(3)10(11)4;1-5-11-9(3)7-6-8(2)10(11)4;1-7-5-8(2)10(4)9(3)6-7;1-7-4-5-8(2)9(3)6-7;4*1-7-3-5-8(2)6-4-7;1-6-3-4-7(2)8-5-6;1-5-3-7-6(2)8-4-5;1-5-3-4-6(2)8-7-5;1-5-3-7-6(2)8-4-5/h9-12H,3-8H2,1-2H3;3,5,7,10H,4,6,8H2,1-2H3;3-8H,1-2H3;6-7H,5H2,1-4H3;6-7H,5H2,1-4H3;5-6H,1-4H3;4-6H,1-3H3;7-8H,3-6H2,1-2H3;2*3,8H,4-6H2,1-2H3;3-6H,1-2H3;6H,3-5H2,1-2H3;3-4H,1-2H3;3-4H2,1-2H3;5-6H,3-4H2,1-2H3. The van der Waals surface area contributed by atoms with Crippen LogP contribution < -0.4 is 4.74 Å². The van der Waals surface area contributed by atoms with Crippen LogP contribution in [0.4, 0.5) is 0 Å². The van der Waals surface area contributed by atoms with Crippen LogP contribution in [0.2, 0.25) is 0 Å². The number of hydrogen-bond acceptors (Lipinski definition) is 8. The lowest BCUT2D eigenvalue weighted by molar-refractivity contribution is -0.187. The third-order valence-corrected chi connectivity index (χ3v) is 29.8. The molecule has 0 N–H and O–H groups in total. The van der Waals surface area contributed by atoms with Gasteiger partial charge in [0, 0.05) is 42.0 Å². The van der Waals surface area contributed by atoms with E-state index >= 15 is 0 Å². The molecule has 8 nitrogen and oxygen atoms in total. The topological polar surface area (TPSA) is 90.6 Å². The molecule has 8 aromatic carbocycles. The molecule has 4 heterocycles. The molecule has 1 aromatic heterocycles. The van der Waals surface area contributed by atoms with Gasteiger partial charge in [-0.15, -0.1) is 0 Å². The number of allylic oxidation sites excluding steroid dienone is 4. The number of benzene rings is 8. The van der Waals surface area contributed by atoms with E-state index in [9.17, 15) is 0 Å². The van der Waals surface area contributed by atoms with E-state index in [-0.39, 0.29) is 6.29 Å². The molecule has 0 radical (unpaired) electrons. The van der Waals surface area contributed by atoms with E-state index in [1.807, 2.05) is 53.9 Å². The summed E-state index contributed by atoms with van der Waals surface area (Å²) in [6.07, 6.45) is 41.4. The van der Waals surface area contributed by atoms with Gasteiger partial charge in [0.1, 0.15) is 11.6 Å². The summed E-state index contributed by atoms with van der Waals surface area (Å²) in [5, 5.41) is 10.5. The Hall–Kier alpha value is -8.69. The fourth-order valence-electron chi connectivity index (χ4n) is 18.9. The van der Waals surface area contributed by atoms with Gasteiger partial charge in [0.15, 0.2) is 6.29 Å². The lowest BCUT2D eigenvalue weighted by Crippen LogP contribution is -2.29. The molecule has 784 valence electrons. The summed E-state index contributed by atoms with van der Waals surface area (Å²) in [6.45, 7) is 83.6. The normalized spacial score (nSPS) is 21.5. The quantitative estimate of drug-likeness (QED) is 0.164. The second kappa shape index (κ2) is 68.6. The number of fused-ring (bicyclic) bond motifs is 3. The van der Waals surface area contributed by atoms with Crippen molar-refractivity contribution in [2.75, 3.05) is 26.4 Å². The molecule has 3 aliphatic heterocycles. The zero-order chi connectivity index (χ0) is 106. The Bertz CT molecular complexity index is 4940. The molecule has 8 unspecified atom stereocenters. The molecule has 9 aromatic rings. The number of hydrogen-bond donors (Lipinski definition) is 0. The molecule has 3 saturated carbocycles. The van der Waals surface area contributed by atoms with Crippen LogP contribution in [0.5, 0.6) is 5.75 Å². The van der Waals surface area contributed by atoms with Crippen molar-refractivity contribution in [3.05, 3.63) is 297 Å². The first kappa shape index (κ1) is 126. The fraction of sp³-hybridized carbons (Fsp3) is 0.575. The zero-order valence-electron chi connectivity index (χ0n) is 97.7. The Labute approximate surface area is 872 Å². The highest BCUT2D eigenvalue weighted by Crippen LogP contribution is 2.44. The van der Waals surface area contributed by atoms with E-state index in [1.165, 1.54) is 257 Å². The van der Waals surface area contributed by atoms with Crippen molar-refractivity contribution in [3.63, 3.8) is 0 Å². The number of aromatic nitrogens is 2. The Kier molecular flexibility index (Phi) is 60.7. The van der Waals surface area contributed by atoms with Crippen LogP contribution in [0, 0.1) is 204 Å². The lowest BCUT2D eigenvalue weighted by atomic mass is 9.65. The first-order chi connectivity index (χ1) is 67.2. The van der Waals surface area contributed by atoms with E-state index in [4.69, 9.17) is 14.2 Å². The predicted octanol–water partition coefficient (Wildman–Crippen LogP) is 38.4. The Morgan fingerprint density at radius 2 is 0.711 bits per heavy atom. The maximum atomic E-state index is 5.50. The van der Waals surface area contributed by atoms with Gasteiger partial charge in [-0.05, 0) is 462 Å². The zero-order valence-corrected chi connectivity index (χ0v) is 97.7. The molecule has 1 saturated heterocycles. The van der Waals surface area contributed by atoms with Crippen LogP contribution in [-0.2, 0) is 28.7 Å². The van der Waals surface area contributed by atoms with Gasteiger partial charge in [0.2, 0.25) is 0 Å². The van der Waals surface area contributed by atoms with Gasteiger partial charge in [0.05, 0.1) is 19.8 Å². The van der Waals surface area contributed by atoms with Crippen LogP contribution in [0.15, 0.2) is 184 Å². The molecule has 6 aliphatic carbocycles. The maximum Gasteiger partial charge on any atom is 0.154 e. The average Bonchev–Trinajstić information content (AvgIpc) is 1.20. The number of rotatable bonds is 3. The third-order valence-electron chi connectivity index (χ3n) is 29.8. The van der Waals surface area contributed by atoms with E-state index in [1.54, 1.807) is 22.3 Å². The Morgan fingerprint density at radius 1 is 0.303 bits per heavy atom. The molecule has 0 spiro atoms. The molecular formula is C134H205N5O3. The third kappa shape index (κ3) is 53.4. The minimum absolute atomic E-state index is 0.0196. The Morgan fingerprint density at radius 3 is 1.11 bits per heavy atom. The van der Waals surface area contributed by atoms with E-state index in [0.717, 1.165) is 133 Å². The van der Waals surface area contributed by atoms with E-state index < -0.39 is 0 Å². The van der Waals surface area contributed by atoms with Gasteiger partial charge in [-0.25, -0.2) is 9.97 Å². The molecule has 0 bridgehead atoms. The fourth-order valence-corrected chi connectivity index (χ4v) is 18.9. The van der Waals surface area contributed by atoms with E-state index in [2.05, 4.69) is 385 Å². The van der Waals surface area contributed by atoms with Gasteiger partial charge in [-0.1, -0.05) is 297 Å². The summed E-state index contributed by atoms with van der Waals surface area (Å²) in [5.41, 5.74) is 37.1. The summed E-state index contributed by atoms with van der Waals surface area (Å²) in [4.78, 5) is 12.3. The monoisotopic (exact) mass is 1930 g/mol. The van der Waals surface area contributed by atoms with Crippen molar-refractivity contribution in [2.24, 2.45) is 80.3 Å². The summed E-state index contributed by atoms with van der Waals surface area (Å²) in [6, 6.07) is 48.1. The smallest absolute Gasteiger partial charge is 0.154 e. The van der Waals surface area contributed by atoms with Crippen molar-refractivity contribution < 1.29 is 14.2 Å². The van der Waals surface area contributed by atoms with Gasteiger partial charge in [-0.3, -0.25) is 4.99 Å². The highest BCUT2D eigenvalue weighted by molar-refractivity contribution is 5.92. The van der Waals surface area contributed by atoms with Crippen LogP contribution in [0.3, 0.4) is 0 Å². The van der Waals surface area contributed by atoms with Gasteiger partial charge < -0.3 is 14.2 Å². The first-order valence-corrected chi connectivity index (χ1v) is 55.5. The van der Waals surface area contributed by atoms with Crippen LogP contribution in [-0.4, -0.2) is 59.8 Å². The number of ether oxygens (including phenoxy) is 3. The van der Waals surface area contributed by atoms with Crippen LogP contribution >= 0.6 is 0 Å². The largest absolute Gasteiger partial charge is 0.494 e. The minimum Gasteiger partial charge on any atom is -0.494 e. The first-order valence-electron chi connectivity index (χ1n) is 55.5.